The SMILES string of the molecule is N#Cc1ncc(NC(=S)n2ccccc2=O)cc1C(F)(F)F. The Balaban J connectivity index is 2.36. The van der Waals surface area contributed by atoms with E-state index in [9.17, 15) is 18.0 Å². The van der Waals surface area contributed by atoms with Gasteiger partial charge in [-0.2, -0.15) is 18.4 Å². The van der Waals surface area contributed by atoms with Crippen molar-refractivity contribution in [2.75, 3.05) is 5.32 Å². The number of alkyl halides is 3. The van der Waals surface area contributed by atoms with Crippen molar-refractivity contribution in [2.45, 2.75) is 6.18 Å². The molecule has 0 aliphatic rings. The lowest BCUT2D eigenvalue weighted by atomic mass is 10.2. The highest BCUT2D eigenvalue weighted by molar-refractivity contribution is 7.80. The highest BCUT2D eigenvalue weighted by atomic mass is 32.1. The van der Waals surface area contributed by atoms with Crippen LogP contribution in [0.1, 0.15) is 11.3 Å². The van der Waals surface area contributed by atoms with Crippen LogP contribution in [0.4, 0.5) is 18.9 Å². The largest absolute Gasteiger partial charge is 0.419 e. The van der Waals surface area contributed by atoms with Gasteiger partial charge in [0.15, 0.2) is 10.8 Å². The molecule has 2 rings (SSSR count). The van der Waals surface area contributed by atoms with Gasteiger partial charge in [-0.1, -0.05) is 6.07 Å². The van der Waals surface area contributed by atoms with Crippen molar-refractivity contribution < 1.29 is 13.2 Å². The van der Waals surface area contributed by atoms with Crippen molar-refractivity contribution in [3.63, 3.8) is 0 Å². The van der Waals surface area contributed by atoms with E-state index < -0.39 is 23.0 Å². The number of thiocarbonyl (C=S) groups is 1. The summed E-state index contributed by atoms with van der Waals surface area (Å²) in [7, 11) is 0. The molecule has 22 heavy (non-hydrogen) atoms. The molecule has 2 heterocycles. The smallest absolute Gasteiger partial charge is 0.331 e. The van der Waals surface area contributed by atoms with Gasteiger partial charge in [0, 0.05) is 12.3 Å². The average molecular weight is 324 g/mol. The van der Waals surface area contributed by atoms with E-state index >= 15 is 0 Å². The summed E-state index contributed by atoms with van der Waals surface area (Å²) < 4.78 is 39.6. The minimum Gasteiger partial charge on any atom is -0.331 e. The topological polar surface area (TPSA) is 70.7 Å². The van der Waals surface area contributed by atoms with E-state index in [1.54, 1.807) is 6.07 Å². The monoisotopic (exact) mass is 324 g/mol. The molecule has 0 fully saturated rings. The summed E-state index contributed by atoms with van der Waals surface area (Å²) in [4.78, 5) is 15.0. The number of anilines is 1. The second-order valence-electron chi connectivity index (χ2n) is 4.07. The molecular weight excluding hydrogens is 317 g/mol. The number of nitriles is 1. The van der Waals surface area contributed by atoms with Crippen molar-refractivity contribution in [3.05, 3.63) is 58.3 Å². The number of hydrogen-bond donors (Lipinski definition) is 1. The summed E-state index contributed by atoms with van der Waals surface area (Å²) in [6, 6.07) is 6.40. The lowest BCUT2D eigenvalue weighted by Crippen LogP contribution is -2.29. The zero-order valence-corrected chi connectivity index (χ0v) is 11.6. The van der Waals surface area contributed by atoms with Crippen molar-refractivity contribution in [1.29, 1.82) is 5.26 Å². The molecule has 112 valence electrons. The maximum Gasteiger partial charge on any atom is 0.419 e. The normalized spacial score (nSPS) is 10.8. The van der Waals surface area contributed by atoms with Gasteiger partial charge in [-0.15, -0.1) is 0 Å². The standard InChI is InChI=1S/C13H7F3N4OS/c14-13(15,16)9-5-8(7-18-10(9)6-17)19-12(22)20-4-2-1-3-11(20)21/h1-5,7H,(H,19,22). The van der Waals surface area contributed by atoms with Crippen molar-refractivity contribution >= 4 is 23.0 Å². The molecule has 0 aliphatic heterocycles. The molecule has 0 unspecified atom stereocenters. The van der Waals surface area contributed by atoms with E-state index in [2.05, 4.69) is 10.3 Å². The molecule has 9 heteroatoms. The number of nitrogens with zero attached hydrogens (tertiary/aromatic N) is 3. The number of nitrogens with one attached hydrogen (secondary N) is 1. The molecule has 0 bridgehead atoms. The fourth-order valence-electron chi connectivity index (χ4n) is 1.62. The molecule has 0 radical (unpaired) electrons. The molecule has 2 aromatic heterocycles. The first kappa shape index (κ1) is 15.7. The van der Waals surface area contributed by atoms with Gasteiger partial charge in [0.1, 0.15) is 6.07 Å². The molecule has 0 aromatic carbocycles. The number of rotatable bonds is 1. The van der Waals surface area contributed by atoms with E-state index in [-0.39, 0.29) is 10.8 Å². The van der Waals surface area contributed by atoms with Gasteiger partial charge in [-0.05, 0) is 24.4 Å². The third-order valence-electron chi connectivity index (χ3n) is 2.59. The summed E-state index contributed by atoms with van der Waals surface area (Å²) in [5.74, 6) is 0. The van der Waals surface area contributed by atoms with Crippen molar-refractivity contribution in [2.24, 2.45) is 0 Å². The Kier molecular flexibility index (Phi) is 4.23. The first-order chi connectivity index (χ1) is 10.3. The fraction of sp³-hybridized carbons (Fsp3) is 0.0769. The fourth-order valence-corrected chi connectivity index (χ4v) is 1.89. The van der Waals surface area contributed by atoms with Crippen LogP contribution in [0.3, 0.4) is 0 Å². The molecule has 0 saturated heterocycles. The first-order valence-corrected chi connectivity index (χ1v) is 6.20. The van der Waals surface area contributed by atoms with Crippen molar-refractivity contribution in [1.82, 2.24) is 9.55 Å². The second-order valence-corrected chi connectivity index (χ2v) is 4.46. The van der Waals surface area contributed by atoms with Gasteiger partial charge < -0.3 is 5.32 Å². The summed E-state index contributed by atoms with van der Waals surface area (Å²) in [5.41, 5.74) is -2.42. The molecule has 0 amide bonds. The third kappa shape index (κ3) is 3.29. The molecule has 0 spiro atoms. The quantitative estimate of drug-likeness (QED) is 0.816. The maximum absolute atomic E-state index is 12.8. The van der Waals surface area contributed by atoms with Gasteiger partial charge in [0.2, 0.25) is 0 Å². The van der Waals surface area contributed by atoms with Gasteiger partial charge in [-0.25, -0.2) is 4.98 Å². The maximum atomic E-state index is 12.8. The first-order valence-electron chi connectivity index (χ1n) is 5.79. The van der Waals surface area contributed by atoms with Crippen LogP contribution in [0.2, 0.25) is 0 Å². The Morgan fingerprint density at radius 2 is 2.14 bits per heavy atom. The van der Waals surface area contributed by atoms with Crippen LogP contribution < -0.4 is 10.9 Å². The lowest BCUT2D eigenvalue weighted by Gasteiger charge is -2.12. The Labute approximate surface area is 127 Å². The Morgan fingerprint density at radius 1 is 1.41 bits per heavy atom. The van der Waals surface area contributed by atoms with Crippen LogP contribution in [-0.4, -0.2) is 14.7 Å². The molecule has 2 aromatic rings. The van der Waals surface area contributed by atoms with Crippen LogP contribution in [-0.2, 0) is 6.18 Å². The molecular formula is C13H7F3N4OS. The summed E-state index contributed by atoms with van der Waals surface area (Å²) in [6.45, 7) is 0. The second kappa shape index (κ2) is 5.95. The van der Waals surface area contributed by atoms with Gasteiger partial charge >= 0.3 is 6.18 Å². The van der Waals surface area contributed by atoms with Crippen LogP contribution in [0, 0.1) is 11.3 Å². The average Bonchev–Trinajstić information content (AvgIpc) is 2.46. The lowest BCUT2D eigenvalue weighted by molar-refractivity contribution is -0.138. The third-order valence-corrected chi connectivity index (χ3v) is 2.89. The zero-order valence-electron chi connectivity index (χ0n) is 10.8. The highest BCUT2D eigenvalue weighted by Crippen LogP contribution is 2.32. The Bertz CT molecular complexity index is 823. The van der Waals surface area contributed by atoms with Crippen molar-refractivity contribution in [3.8, 4) is 6.07 Å². The van der Waals surface area contributed by atoms with E-state index in [0.717, 1.165) is 10.8 Å². The molecule has 1 N–H and O–H groups in total. The minimum atomic E-state index is -4.72. The number of aromatic nitrogens is 2. The summed E-state index contributed by atoms with van der Waals surface area (Å²) in [5, 5.41) is 11.0. The van der Waals surface area contributed by atoms with Gasteiger partial charge in [-0.3, -0.25) is 9.36 Å². The number of halogens is 3. The predicted octanol–water partition coefficient (Wildman–Crippen LogP) is 2.38. The van der Waals surface area contributed by atoms with Crippen LogP contribution in [0.15, 0.2) is 41.5 Å². The van der Waals surface area contributed by atoms with Gasteiger partial charge in [0.25, 0.3) is 5.56 Å². The molecule has 0 aliphatic carbocycles. The summed E-state index contributed by atoms with van der Waals surface area (Å²) >= 11 is 4.97. The molecule has 0 saturated carbocycles. The predicted molar refractivity (Wildman–Crippen MR) is 76.3 cm³/mol. The number of pyridine rings is 2. The highest BCUT2D eigenvalue weighted by Gasteiger charge is 2.34. The number of hydrogen-bond acceptors (Lipinski definition) is 4. The van der Waals surface area contributed by atoms with E-state index in [0.29, 0.717) is 6.07 Å². The zero-order chi connectivity index (χ0) is 16.3. The minimum absolute atomic E-state index is 0.0768. The van der Waals surface area contributed by atoms with Crippen LogP contribution in [0.5, 0.6) is 0 Å². The van der Waals surface area contributed by atoms with E-state index in [1.807, 2.05) is 0 Å². The van der Waals surface area contributed by atoms with Gasteiger partial charge in [0.05, 0.1) is 17.4 Å². The van der Waals surface area contributed by atoms with E-state index in [1.165, 1.54) is 24.4 Å². The summed E-state index contributed by atoms with van der Waals surface area (Å²) in [6.07, 6.45) is -2.31. The van der Waals surface area contributed by atoms with Crippen LogP contribution in [0.25, 0.3) is 0 Å². The van der Waals surface area contributed by atoms with E-state index in [4.69, 9.17) is 17.5 Å². The molecule has 5 nitrogen and oxygen atoms in total. The Morgan fingerprint density at radius 3 is 2.73 bits per heavy atom. The Hall–Kier alpha value is -2.73. The van der Waals surface area contributed by atoms with Crippen LogP contribution >= 0.6 is 12.2 Å². The molecule has 0 atom stereocenters.